The number of halogens is 2. The summed E-state index contributed by atoms with van der Waals surface area (Å²) < 4.78 is 25.0. The minimum absolute atomic E-state index is 0.0372. The minimum Gasteiger partial charge on any atom is -0.510 e. The van der Waals surface area contributed by atoms with Crippen molar-refractivity contribution < 1.29 is 43.3 Å². The lowest BCUT2D eigenvalue weighted by molar-refractivity contribution is -0.136. The number of likely N-dealkylation sites (N-methyl/N-ethyl adjacent to an activating group) is 1. The topological polar surface area (TPSA) is 170 Å². The number of aliphatic hydroxyl groups is 2. The van der Waals surface area contributed by atoms with E-state index in [0.717, 1.165) is 6.07 Å². The predicted octanol–water partition coefficient (Wildman–Crippen LogP) is 0.887. The average molecular weight is 520 g/mol. The van der Waals surface area contributed by atoms with Crippen molar-refractivity contribution in [3.05, 3.63) is 45.7 Å². The molecule has 0 bridgehead atoms. The zero-order chi connectivity index (χ0) is 27.3. The molecule has 6 N–H and O–H groups in total. The molecule has 10 nitrogen and oxygen atoms in total. The predicted molar refractivity (Wildman–Crippen MR) is 126 cm³/mol. The Morgan fingerprint density at radius 1 is 1.16 bits per heavy atom. The molecular weight excluding hydrogens is 492 g/mol. The number of hydrogen-bond donors (Lipinski definition) is 5. The van der Waals surface area contributed by atoms with Crippen molar-refractivity contribution in [3.63, 3.8) is 0 Å². The number of amides is 1. The number of allylic oxidation sites excluding steroid dienone is 1. The molecular formula is C25H27F2N3O7. The number of rotatable bonds is 7. The Hall–Kier alpha value is -3.64. The van der Waals surface area contributed by atoms with Gasteiger partial charge in [0.1, 0.15) is 22.8 Å². The number of phenols is 1. The number of carbonyl (C=O) groups is 4. The number of nitrogens with two attached hydrogens (primary N) is 1. The van der Waals surface area contributed by atoms with Gasteiger partial charge < -0.3 is 26.4 Å². The van der Waals surface area contributed by atoms with Crippen LogP contribution < -0.4 is 11.1 Å². The van der Waals surface area contributed by atoms with E-state index in [1.54, 1.807) is 19.0 Å². The van der Waals surface area contributed by atoms with Gasteiger partial charge >= 0.3 is 0 Å². The average Bonchev–Trinajstić information content (AvgIpc) is 2.77. The van der Waals surface area contributed by atoms with E-state index in [1.165, 1.54) is 6.07 Å². The van der Waals surface area contributed by atoms with Crippen LogP contribution in [-0.4, -0.2) is 83.1 Å². The highest BCUT2D eigenvalue weighted by molar-refractivity contribution is 6.28. The number of phenolic OH excluding ortho intramolecular Hbond substituents is 1. The van der Waals surface area contributed by atoms with Crippen LogP contribution in [0.5, 0.6) is 5.75 Å². The van der Waals surface area contributed by atoms with Gasteiger partial charge in [-0.1, -0.05) is 0 Å². The van der Waals surface area contributed by atoms with Crippen LogP contribution in [0.15, 0.2) is 29.0 Å². The van der Waals surface area contributed by atoms with Gasteiger partial charge in [0.05, 0.1) is 30.6 Å². The van der Waals surface area contributed by atoms with E-state index in [2.05, 4.69) is 5.32 Å². The maximum absolute atomic E-state index is 13.7. The summed E-state index contributed by atoms with van der Waals surface area (Å²) in [6.07, 6.45) is -2.48. The Morgan fingerprint density at radius 2 is 1.84 bits per heavy atom. The standard InChI is InChI=1S/C25H27F2N3O7/c1-30(2)20-12-6-9-5-11-10(14(32)7-29-8-15(26)27)3-4-13(31)17(11)21(33)16(9)22(34)18(12)23(35)19(24(20)36)25(28)37/h3-4,9,12,15,18,20,29,31,33,36H,5-8H2,1-2H3,(H2,28,37)/t9?,12?,18?,20-/m0/s1. The van der Waals surface area contributed by atoms with Crippen LogP contribution >= 0.6 is 0 Å². The number of alkyl halides is 2. The molecule has 0 spiro atoms. The minimum atomic E-state index is -2.65. The summed E-state index contributed by atoms with van der Waals surface area (Å²) in [4.78, 5) is 53.2. The van der Waals surface area contributed by atoms with Crippen molar-refractivity contribution in [3.8, 4) is 5.75 Å². The molecule has 1 saturated carbocycles. The zero-order valence-corrected chi connectivity index (χ0v) is 20.1. The molecule has 0 aliphatic heterocycles. The van der Waals surface area contributed by atoms with E-state index in [1.807, 2.05) is 0 Å². The molecule has 1 amide bonds. The van der Waals surface area contributed by atoms with Crippen LogP contribution in [0.3, 0.4) is 0 Å². The second kappa shape index (κ2) is 9.67. The SMILES string of the molecule is CN(C)[C@@H]1C(O)=C(C(N)=O)C(=O)C2C(=O)C3=C(O)c4c(O)ccc(C(=O)CNCC(F)F)c4CC3CC21. The third-order valence-corrected chi connectivity index (χ3v) is 7.33. The van der Waals surface area contributed by atoms with Crippen molar-refractivity contribution in [1.29, 1.82) is 0 Å². The molecule has 37 heavy (non-hydrogen) atoms. The van der Waals surface area contributed by atoms with Crippen LogP contribution in [0.25, 0.3) is 5.76 Å². The first kappa shape index (κ1) is 26.4. The van der Waals surface area contributed by atoms with Gasteiger partial charge in [0.2, 0.25) is 0 Å². The first-order valence-corrected chi connectivity index (χ1v) is 11.6. The Labute approximate surface area is 210 Å². The fourth-order valence-electron chi connectivity index (χ4n) is 5.92. The van der Waals surface area contributed by atoms with Gasteiger partial charge in [-0.05, 0) is 56.5 Å². The number of aromatic hydroxyl groups is 1. The molecule has 3 aliphatic carbocycles. The Kier molecular flexibility index (Phi) is 6.91. The smallest absolute Gasteiger partial charge is 0.255 e. The summed E-state index contributed by atoms with van der Waals surface area (Å²) in [7, 11) is 3.22. The van der Waals surface area contributed by atoms with Crippen molar-refractivity contribution in [2.45, 2.75) is 25.3 Å². The second-order valence-corrected chi connectivity index (χ2v) is 9.73. The summed E-state index contributed by atoms with van der Waals surface area (Å²) in [6.45, 7) is -1.09. The first-order chi connectivity index (χ1) is 17.4. The molecule has 3 unspecified atom stereocenters. The summed E-state index contributed by atoms with van der Waals surface area (Å²) in [6, 6.07) is 1.60. The number of benzene rings is 1. The van der Waals surface area contributed by atoms with Crippen LogP contribution in [0, 0.1) is 17.8 Å². The normalized spacial score (nSPS) is 25.4. The van der Waals surface area contributed by atoms with E-state index in [9.17, 15) is 43.3 Å². The number of nitrogens with one attached hydrogen (secondary N) is 1. The fourth-order valence-corrected chi connectivity index (χ4v) is 5.92. The summed E-state index contributed by atoms with van der Waals surface area (Å²) >= 11 is 0. The number of ketones is 3. The lowest BCUT2D eigenvalue weighted by atomic mass is 9.59. The molecule has 12 heteroatoms. The summed E-state index contributed by atoms with van der Waals surface area (Å²) in [5, 5.41) is 34.7. The second-order valence-electron chi connectivity index (χ2n) is 9.73. The highest BCUT2D eigenvalue weighted by atomic mass is 19.3. The van der Waals surface area contributed by atoms with Crippen molar-refractivity contribution >= 4 is 29.0 Å². The fraction of sp³-hybridized carbons (Fsp3) is 0.440. The number of fused-ring (bicyclic) bond motifs is 3. The van der Waals surface area contributed by atoms with Gasteiger partial charge in [0.25, 0.3) is 12.3 Å². The van der Waals surface area contributed by atoms with E-state index in [-0.39, 0.29) is 35.1 Å². The van der Waals surface area contributed by atoms with Crippen molar-refractivity contribution in [2.24, 2.45) is 23.5 Å². The van der Waals surface area contributed by atoms with Gasteiger partial charge in [-0.3, -0.25) is 24.1 Å². The highest BCUT2D eigenvalue weighted by Gasteiger charge is 2.55. The molecule has 3 aliphatic rings. The van der Waals surface area contributed by atoms with Crippen molar-refractivity contribution in [1.82, 2.24) is 10.2 Å². The molecule has 0 radical (unpaired) electrons. The maximum Gasteiger partial charge on any atom is 0.255 e. The monoisotopic (exact) mass is 519 g/mol. The number of primary amides is 1. The van der Waals surface area contributed by atoms with Crippen LogP contribution in [-0.2, 0) is 20.8 Å². The van der Waals surface area contributed by atoms with Gasteiger partial charge in [0, 0.05) is 11.1 Å². The zero-order valence-electron chi connectivity index (χ0n) is 20.1. The Bertz CT molecular complexity index is 1270. The van der Waals surface area contributed by atoms with Gasteiger partial charge in [-0.2, -0.15) is 0 Å². The maximum atomic E-state index is 13.7. The van der Waals surface area contributed by atoms with Gasteiger partial charge in [-0.25, -0.2) is 8.78 Å². The van der Waals surface area contributed by atoms with E-state index >= 15 is 0 Å². The first-order valence-electron chi connectivity index (χ1n) is 11.6. The molecule has 4 rings (SSSR count). The van der Waals surface area contributed by atoms with Crippen LogP contribution in [0.2, 0.25) is 0 Å². The molecule has 1 aromatic rings. The van der Waals surface area contributed by atoms with Crippen LogP contribution in [0.1, 0.15) is 27.9 Å². The van der Waals surface area contributed by atoms with Gasteiger partial charge in [-0.15, -0.1) is 0 Å². The van der Waals surface area contributed by atoms with E-state index in [0.29, 0.717) is 0 Å². The quantitative estimate of drug-likeness (QED) is 0.199. The van der Waals surface area contributed by atoms with Crippen LogP contribution in [0.4, 0.5) is 8.78 Å². The Balaban J connectivity index is 1.80. The molecule has 1 fully saturated rings. The molecule has 198 valence electrons. The molecule has 4 atom stereocenters. The molecule has 1 aromatic carbocycles. The summed E-state index contributed by atoms with van der Waals surface area (Å²) in [5.74, 6) is -7.72. The largest absolute Gasteiger partial charge is 0.510 e. The van der Waals surface area contributed by atoms with E-state index < -0.39 is 89.4 Å². The molecule has 0 aromatic heterocycles. The number of hydrogen-bond acceptors (Lipinski definition) is 9. The summed E-state index contributed by atoms with van der Waals surface area (Å²) in [5.41, 5.74) is 4.77. The molecule has 0 saturated heterocycles. The van der Waals surface area contributed by atoms with Crippen molar-refractivity contribution in [2.75, 3.05) is 27.2 Å². The number of carbonyl (C=O) groups excluding carboxylic acids is 4. The number of Topliss-reactive ketones (excluding diaryl/α,β-unsaturated/α-hetero) is 3. The van der Waals surface area contributed by atoms with Gasteiger partial charge in [0.15, 0.2) is 17.3 Å². The lowest BCUT2D eigenvalue weighted by Gasteiger charge is -2.46. The van der Waals surface area contributed by atoms with E-state index in [4.69, 9.17) is 5.73 Å². The highest BCUT2D eigenvalue weighted by Crippen LogP contribution is 2.50. The third-order valence-electron chi connectivity index (χ3n) is 7.33. The third kappa shape index (κ3) is 4.29. The number of aliphatic hydroxyl groups excluding tert-OH is 2. The number of nitrogens with zero attached hydrogens (tertiary/aromatic N) is 1. The molecule has 0 heterocycles. The Morgan fingerprint density at radius 3 is 2.43 bits per heavy atom. The lowest BCUT2D eigenvalue weighted by Crippen LogP contribution is -2.55.